The number of hydrogen-bond acceptors (Lipinski definition) is 4. The highest BCUT2D eigenvalue weighted by Gasteiger charge is 2.21. The summed E-state index contributed by atoms with van der Waals surface area (Å²) < 4.78 is 0. The highest BCUT2D eigenvalue weighted by atomic mass is 17.0. The van der Waals surface area contributed by atoms with Crippen LogP contribution in [0.2, 0.25) is 0 Å². The molecule has 0 spiro atoms. The zero-order valence-corrected chi connectivity index (χ0v) is 12.4. The van der Waals surface area contributed by atoms with Gasteiger partial charge in [-0.05, 0) is 18.4 Å². The second-order valence-corrected chi connectivity index (χ2v) is 5.21. The minimum atomic E-state index is -0.781. The standard InChI is InChI=1S/C16H23NO4/c1-2-3-4-6-9-14(13-18)12-16(21-17(19)20)15-10-7-5-8-11-15/h5,7-8,10-11,13-14,16H,2-4,6,9,12H2,1H3/t14-,16-/m0/s1. The van der Waals surface area contributed by atoms with E-state index in [4.69, 9.17) is 4.84 Å². The van der Waals surface area contributed by atoms with Crippen LogP contribution in [0.25, 0.3) is 0 Å². The lowest BCUT2D eigenvalue weighted by atomic mass is 9.93. The number of benzene rings is 1. The van der Waals surface area contributed by atoms with Crippen molar-refractivity contribution in [2.45, 2.75) is 51.6 Å². The van der Waals surface area contributed by atoms with Gasteiger partial charge in [-0.1, -0.05) is 62.9 Å². The van der Waals surface area contributed by atoms with Gasteiger partial charge in [0.05, 0.1) is 0 Å². The Kier molecular flexibility index (Phi) is 8.09. The predicted octanol–water partition coefficient (Wildman–Crippen LogP) is 4.11. The Labute approximate surface area is 125 Å². The maximum absolute atomic E-state index is 11.2. The van der Waals surface area contributed by atoms with E-state index < -0.39 is 11.2 Å². The Morgan fingerprint density at radius 1 is 1.24 bits per heavy atom. The smallest absolute Gasteiger partial charge is 0.295 e. The van der Waals surface area contributed by atoms with Gasteiger partial charge in [0.15, 0.2) is 0 Å². The number of carbonyl (C=O) groups is 1. The van der Waals surface area contributed by atoms with E-state index in [0.717, 1.165) is 44.0 Å². The molecule has 1 aromatic carbocycles. The average Bonchev–Trinajstić information content (AvgIpc) is 2.49. The van der Waals surface area contributed by atoms with Crippen molar-refractivity contribution < 1.29 is 14.7 Å². The molecule has 0 amide bonds. The Bertz CT molecular complexity index is 422. The lowest BCUT2D eigenvalue weighted by molar-refractivity contribution is -0.771. The van der Waals surface area contributed by atoms with Crippen LogP contribution >= 0.6 is 0 Å². The third-order valence-electron chi connectivity index (χ3n) is 3.52. The van der Waals surface area contributed by atoms with Crippen molar-refractivity contribution in [3.05, 3.63) is 46.0 Å². The number of unbranched alkanes of at least 4 members (excludes halogenated alkanes) is 3. The molecule has 0 saturated heterocycles. The molecule has 1 rings (SSSR count). The molecule has 0 aliphatic rings. The molecular weight excluding hydrogens is 270 g/mol. The zero-order valence-electron chi connectivity index (χ0n) is 12.4. The van der Waals surface area contributed by atoms with Crippen molar-refractivity contribution in [3.63, 3.8) is 0 Å². The molecule has 0 aromatic heterocycles. The van der Waals surface area contributed by atoms with E-state index >= 15 is 0 Å². The summed E-state index contributed by atoms with van der Waals surface area (Å²) in [6.45, 7) is 2.13. The molecule has 5 heteroatoms. The molecule has 0 unspecified atom stereocenters. The molecule has 2 atom stereocenters. The van der Waals surface area contributed by atoms with E-state index in [9.17, 15) is 14.9 Å². The second kappa shape index (κ2) is 9.91. The summed E-state index contributed by atoms with van der Waals surface area (Å²) in [6.07, 6.45) is 5.67. The first-order valence-electron chi connectivity index (χ1n) is 7.48. The maximum Gasteiger partial charge on any atom is 0.295 e. The van der Waals surface area contributed by atoms with Gasteiger partial charge in [-0.3, -0.25) is 0 Å². The third-order valence-corrected chi connectivity index (χ3v) is 3.52. The van der Waals surface area contributed by atoms with Gasteiger partial charge in [0, 0.05) is 5.92 Å². The first-order valence-corrected chi connectivity index (χ1v) is 7.48. The summed E-state index contributed by atoms with van der Waals surface area (Å²) >= 11 is 0. The molecular formula is C16H23NO4. The molecule has 0 fully saturated rings. The maximum atomic E-state index is 11.2. The van der Waals surface area contributed by atoms with Crippen molar-refractivity contribution in [2.75, 3.05) is 0 Å². The van der Waals surface area contributed by atoms with Crippen molar-refractivity contribution in [2.24, 2.45) is 5.92 Å². The zero-order chi connectivity index (χ0) is 15.5. The molecule has 0 heterocycles. The van der Waals surface area contributed by atoms with Crippen LogP contribution in [0.5, 0.6) is 0 Å². The summed E-state index contributed by atoms with van der Waals surface area (Å²) in [5.74, 6) is -0.202. The molecule has 21 heavy (non-hydrogen) atoms. The van der Waals surface area contributed by atoms with Crippen LogP contribution in [0.1, 0.15) is 57.1 Å². The molecule has 0 saturated carbocycles. The van der Waals surface area contributed by atoms with Gasteiger partial charge in [-0.15, -0.1) is 10.1 Å². The topological polar surface area (TPSA) is 69.4 Å². The van der Waals surface area contributed by atoms with Crippen LogP contribution in [0.15, 0.2) is 30.3 Å². The van der Waals surface area contributed by atoms with Crippen molar-refractivity contribution in [1.29, 1.82) is 0 Å². The average molecular weight is 293 g/mol. The van der Waals surface area contributed by atoms with Gasteiger partial charge in [0.1, 0.15) is 12.4 Å². The van der Waals surface area contributed by atoms with Crippen LogP contribution < -0.4 is 0 Å². The van der Waals surface area contributed by atoms with Gasteiger partial charge >= 0.3 is 0 Å². The summed E-state index contributed by atoms with van der Waals surface area (Å²) in [5.41, 5.74) is 0.731. The third kappa shape index (κ3) is 6.88. The summed E-state index contributed by atoms with van der Waals surface area (Å²) in [7, 11) is 0. The summed E-state index contributed by atoms with van der Waals surface area (Å²) in [4.78, 5) is 26.6. The highest BCUT2D eigenvalue weighted by molar-refractivity contribution is 5.53. The van der Waals surface area contributed by atoms with Crippen LogP contribution in [-0.4, -0.2) is 11.4 Å². The fraction of sp³-hybridized carbons (Fsp3) is 0.562. The van der Waals surface area contributed by atoms with E-state index in [1.165, 1.54) is 0 Å². The van der Waals surface area contributed by atoms with Gasteiger partial charge in [-0.25, -0.2) is 0 Å². The van der Waals surface area contributed by atoms with E-state index in [-0.39, 0.29) is 5.92 Å². The first kappa shape index (κ1) is 17.1. The number of carbonyl (C=O) groups excluding carboxylic acids is 1. The van der Waals surface area contributed by atoms with Crippen molar-refractivity contribution in [1.82, 2.24) is 0 Å². The largest absolute Gasteiger partial charge is 0.306 e. The van der Waals surface area contributed by atoms with Crippen molar-refractivity contribution in [3.8, 4) is 0 Å². The SMILES string of the molecule is CCCCCC[C@H](C=O)C[C@H](O[N+](=O)[O-])c1ccccc1. The Morgan fingerprint density at radius 2 is 1.95 bits per heavy atom. The Hall–Kier alpha value is -1.91. The Balaban J connectivity index is 2.61. The molecule has 5 nitrogen and oxygen atoms in total. The van der Waals surface area contributed by atoms with E-state index in [0.29, 0.717) is 6.42 Å². The minimum absolute atomic E-state index is 0.202. The normalized spacial score (nSPS) is 13.4. The van der Waals surface area contributed by atoms with Gasteiger partial charge in [0.2, 0.25) is 0 Å². The second-order valence-electron chi connectivity index (χ2n) is 5.21. The molecule has 0 radical (unpaired) electrons. The van der Waals surface area contributed by atoms with E-state index in [2.05, 4.69) is 6.92 Å². The Morgan fingerprint density at radius 3 is 2.52 bits per heavy atom. The lowest BCUT2D eigenvalue weighted by Gasteiger charge is -2.19. The van der Waals surface area contributed by atoms with Gasteiger partial charge in [-0.2, -0.15) is 0 Å². The van der Waals surface area contributed by atoms with Gasteiger partial charge in [0.25, 0.3) is 5.09 Å². The minimum Gasteiger partial charge on any atom is -0.306 e. The summed E-state index contributed by atoms with van der Waals surface area (Å²) in [5, 5.41) is 9.87. The van der Waals surface area contributed by atoms with Crippen LogP contribution in [-0.2, 0) is 9.63 Å². The lowest BCUT2D eigenvalue weighted by Crippen LogP contribution is -2.15. The van der Waals surface area contributed by atoms with Crippen LogP contribution in [0.3, 0.4) is 0 Å². The fourth-order valence-corrected chi connectivity index (χ4v) is 2.36. The molecule has 0 aliphatic heterocycles. The van der Waals surface area contributed by atoms with E-state index in [1.54, 1.807) is 12.1 Å². The molecule has 0 N–H and O–H groups in total. The molecule has 116 valence electrons. The van der Waals surface area contributed by atoms with Crippen molar-refractivity contribution >= 4 is 6.29 Å². The number of nitrogens with zero attached hydrogens (tertiary/aromatic N) is 1. The predicted molar refractivity (Wildman–Crippen MR) is 80.2 cm³/mol. The molecule has 0 bridgehead atoms. The van der Waals surface area contributed by atoms with Crippen LogP contribution in [0, 0.1) is 16.0 Å². The monoisotopic (exact) mass is 293 g/mol. The molecule has 1 aromatic rings. The number of rotatable bonds is 11. The number of aldehydes is 1. The highest BCUT2D eigenvalue weighted by Crippen LogP contribution is 2.27. The quantitative estimate of drug-likeness (QED) is 0.266. The number of hydrogen-bond donors (Lipinski definition) is 0. The van der Waals surface area contributed by atoms with E-state index in [1.807, 2.05) is 18.2 Å². The molecule has 0 aliphatic carbocycles. The van der Waals surface area contributed by atoms with Gasteiger partial charge < -0.3 is 9.63 Å². The first-order chi connectivity index (χ1) is 10.2. The van der Waals surface area contributed by atoms with Crippen LogP contribution in [0.4, 0.5) is 0 Å². The fourth-order valence-electron chi connectivity index (χ4n) is 2.36. The summed E-state index contributed by atoms with van der Waals surface area (Å²) in [6, 6.07) is 9.03.